The Morgan fingerprint density at radius 1 is 1.29 bits per heavy atom. The Labute approximate surface area is 104 Å². The average molecular weight is 228 g/mol. The summed E-state index contributed by atoms with van der Waals surface area (Å²) in [6.45, 7) is 6.16. The number of nitrogens with zero attached hydrogens (tertiary/aromatic N) is 1. The summed E-state index contributed by atoms with van der Waals surface area (Å²) < 4.78 is 0. The van der Waals surface area contributed by atoms with Gasteiger partial charge >= 0.3 is 0 Å². The number of rotatable bonds is 2. The molecule has 0 spiro atoms. The van der Waals surface area contributed by atoms with Gasteiger partial charge in [-0.3, -0.25) is 0 Å². The van der Waals surface area contributed by atoms with Crippen LogP contribution in [0.2, 0.25) is 0 Å². The second kappa shape index (κ2) is 4.89. The number of piperidine rings is 1. The molecule has 1 fully saturated rings. The van der Waals surface area contributed by atoms with Crippen molar-refractivity contribution in [1.29, 1.82) is 5.26 Å². The fraction of sp³-hybridized carbons (Fsp3) is 0.533. The van der Waals surface area contributed by atoms with Crippen LogP contribution in [0.15, 0.2) is 24.3 Å². The van der Waals surface area contributed by atoms with Gasteiger partial charge in [-0.2, -0.15) is 5.26 Å². The highest BCUT2D eigenvalue weighted by molar-refractivity contribution is 5.34. The summed E-state index contributed by atoms with van der Waals surface area (Å²) >= 11 is 0. The van der Waals surface area contributed by atoms with Crippen molar-refractivity contribution in [1.82, 2.24) is 5.32 Å². The number of nitriles is 1. The molecule has 0 bridgehead atoms. The van der Waals surface area contributed by atoms with E-state index in [2.05, 4.69) is 35.7 Å². The van der Waals surface area contributed by atoms with E-state index in [1.807, 2.05) is 13.8 Å². The van der Waals surface area contributed by atoms with Crippen molar-refractivity contribution >= 4 is 0 Å². The quantitative estimate of drug-likeness (QED) is 0.844. The summed E-state index contributed by atoms with van der Waals surface area (Å²) in [5.74, 6) is 0.642. The van der Waals surface area contributed by atoms with E-state index in [0.29, 0.717) is 5.92 Å². The van der Waals surface area contributed by atoms with Gasteiger partial charge in [0.25, 0.3) is 0 Å². The Morgan fingerprint density at radius 2 is 2.00 bits per heavy atom. The molecule has 1 heterocycles. The Kier molecular flexibility index (Phi) is 3.49. The molecule has 2 rings (SSSR count). The van der Waals surface area contributed by atoms with Crippen LogP contribution in [0.25, 0.3) is 0 Å². The van der Waals surface area contributed by atoms with E-state index in [4.69, 9.17) is 5.26 Å². The smallest absolute Gasteiger partial charge is 0.0766 e. The van der Waals surface area contributed by atoms with Crippen molar-refractivity contribution in [3.8, 4) is 6.07 Å². The van der Waals surface area contributed by atoms with Gasteiger partial charge in [-0.1, -0.05) is 24.3 Å². The van der Waals surface area contributed by atoms with E-state index in [1.165, 1.54) is 18.4 Å². The maximum Gasteiger partial charge on any atom is 0.0766 e. The van der Waals surface area contributed by atoms with Crippen molar-refractivity contribution < 1.29 is 0 Å². The Morgan fingerprint density at radius 3 is 2.53 bits per heavy atom. The van der Waals surface area contributed by atoms with Crippen LogP contribution in [0.3, 0.4) is 0 Å². The van der Waals surface area contributed by atoms with Crippen LogP contribution in [0, 0.1) is 11.3 Å². The van der Waals surface area contributed by atoms with Crippen molar-refractivity contribution in [3.05, 3.63) is 35.4 Å². The minimum Gasteiger partial charge on any atom is -0.316 e. The van der Waals surface area contributed by atoms with Crippen molar-refractivity contribution in [2.24, 2.45) is 0 Å². The molecule has 17 heavy (non-hydrogen) atoms. The highest BCUT2D eigenvalue weighted by atomic mass is 14.9. The first-order valence-corrected chi connectivity index (χ1v) is 6.36. The van der Waals surface area contributed by atoms with Crippen LogP contribution in [0.5, 0.6) is 0 Å². The van der Waals surface area contributed by atoms with Crippen molar-refractivity contribution in [2.75, 3.05) is 13.1 Å². The second-order valence-electron chi connectivity index (χ2n) is 5.40. The third kappa shape index (κ3) is 2.68. The molecule has 1 aromatic rings. The lowest BCUT2D eigenvalue weighted by Crippen LogP contribution is -2.28. The first-order chi connectivity index (χ1) is 8.13. The number of nitrogens with one attached hydrogen (secondary N) is 1. The SMILES string of the molecule is CC(C)(C#N)c1ccc(C2CCCNC2)cc1. The topological polar surface area (TPSA) is 35.8 Å². The molecule has 1 atom stereocenters. The lowest BCUT2D eigenvalue weighted by Gasteiger charge is -2.24. The Hall–Kier alpha value is -1.33. The normalized spacial score (nSPS) is 20.9. The summed E-state index contributed by atoms with van der Waals surface area (Å²) in [4.78, 5) is 0. The molecule has 0 aliphatic carbocycles. The molecule has 1 N–H and O–H groups in total. The van der Waals surface area contributed by atoms with Gasteiger partial charge in [0.1, 0.15) is 0 Å². The van der Waals surface area contributed by atoms with Gasteiger partial charge in [0, 0.05) is 6.54 Å². The van der Waals surface area contributed by atoms with Gasteiger partial charge in [-0.05, 0) is 50.3 Å². The van der Waals surface area contributed by atoms with Gasteiger partial charge < -0.3 is 5.32 Å². The van der Waals surface area contributed by atoms with Gasteiger partial charge in [-0.15, -0.1) is 0 Å². The molecule has 1 aliphatic rings. The fourth-order valence-electron chi connectivity index (χ4n) is 2.37. The summed E-state index contributed by atoms with van der Waals surface area (Å²) in [5.41, 5.74) is 2.12. The van der Waals surface area contributed by atoms with Gasteiger partial charge in [-0.25, -0.2) is 0 Å². The predicted molar refractivity (Wildman–Crippen MR) is 69.9 cm³/mol. The van der Waals surface area contributed by atoms with Crippen LogP contribution in [-0.4, -0.2) is 13.1 Å². The highest BCUT2D eigenvalue weighted by Gasteiger charge is 2.20. The first-order valence-electron chi connectivity index (χ1n) is 6.36. The van der Waals surface area contributed by atoms with Crippen molar-refractivity contribution in [3.63, 3.8) is 0 Å². The maximum atomic E-state index is 9.11. The van der Waals surface area contributed by atoms with Gasteiger partial charge in [0.05, 0.1) is 11.5 Å². The molecule has 2 nitrogen and oxygen atoms in total. The van der Waals surface area contributed by atoms with E-state index in [1.54, 1.807) is 0 Å². The molecule has 0 saturated carbocycles. The van der Waals surface area contributed by atoms with E-state index >= 15 is 0 Å². The summed E-state index contributed by atoms with van der Waals surface area (Å²) in [7, 11) is 0. The zero-order valence-electron chi connectivity index (χ0n) is 10.7. The summed E-state index contributed by atoms with van der Waals surface area (Å²) in [6.07, 6.45) is 2.53. The lowest BCUT2D eigenvalue weighted by atomic mass is 9.84. The molecule has 0 aromatic heterocycles. The third-order valence-corrected chi connectivity index (χ3v) is 3.68. The van der Waals surface area contributed by atoms with Crippen LogP contribution < -0.4 is 5.32 Å². The molecule has 0 radical (unpaired) electrons. The van der Waals surface area contributed by atoms with E-state index in [0.717, 1.165) is 18.7 Å². The van der Waals surface area contributed by atoms with E-state index < -0.39 is 0 Å². The number of hydrogen-bond donors (Lipinski definition) is 1. The minimum absolute atomic E-state index is 0.386. The molecule has 1 aromatic carbocycles. The average Bonchev–Trinajstić information content (AvgIpc) is 2.40. The van der Waals surface area contributed by atoms with Crippen LogP contribution in [0.1, 0.15) is 43.7 Å². The van der Waals surface area contributed by atoms with Crippen LogP contribution in [-0.2, 0) is 5.41 Å². The van der Waals surface area contributed by atoms with Crippen molar-refractivity contribution in [2.45, 2.75) is 38.0 Å². The minimum atomic E-state index is -0.386. The van der Waals surface area contributed by atoms with Crippen LogP contribution >= 0.6 is 0 Å². The predicted octanol–water partition coefficient (Wildman–Crippen LogP) is 2.95. The zero-order valence-corrected chi connectivity index (χ0v) is 10.7. The van der Waals surface area contributed by atoms with Gasteiger partial charge in [0.15, 0.2) is 0 Å². The molecule has 2 heteroatoms. The Bertz CT molecular complexity index is 406. The van der Waals surface area contributed by atoms with E-state index in [9.17, 15) is 0 Å². The molecule has 1 saturated heterocycles. The third-order valence-electron chi connectivity index (χ3n) is 3.68. The van der Waals surface area contributed by atoms with Crippen LogP contribution in [0.4, 0.5) is 0 Å². The van der Waals surface area contributed by atoms with Gasteiger partial charge in [0.2, 0.25) is 0 Å². The zero-order chi connectivity index (χ0) is 12.3. The molecule has 1 unspecified atom stereocenters. The first kappa shape index (κ1) is 12.1. The largest absolute Gasteiger partial charge is 0.316 e. The lowest BCUT2D eigenvalue weighted by molar-refractivity contribution is 0.461. The monoisotopic (exact) mass is 228 g/mol. The fourth-order valence-corrected chi connectivity index (χ4v) is 2.37. The summed E-state index contributed by atoms with van der Waals surface area (Å²) in [5, 5.41) is 12.5. The molecular weight excluding hydrogens is 208 g/mol. The number of hydrogen-bond acceptors (Lipinski definition) is 2. The molecular formula is C15H20N2. The molecule has 1 aliphatic heterocycles. The molecule has 90 valence electrons. The highest BCUT2D eigenvalue weighted by Crippen LogP contribution is 2.27. The summed E-state index contributed by atoms with van der Waals surface area (Å²) in [6, 6.07) is 10.9. The van der Waals surface area contributed by atoms with E-state index in [-0.39, 0.29) is 5.41 Å². The molecule has 0 amide bonds. The standard InChI is InChI=1S/C15H20N2/c1-15(2,11-16)14-7-5-12(6-8-14)13-4-3-9-17-10-13/h5-8,13,17H,3-4,9-10H2,1-2H3. The number of benzene rings is 1. The maximum absolute atomic E-state index is 9.11. The Balaban J connectivity index is 2.15. The second-order valence-corrected chi connectivity index (χ2v) is 5.40.